The molecule has 0 fully saturated rings. The molecule has 174 valence electrons. The molecule has 2 aromatic rings. The summed E-state index contributed by atoms with van der Waals surface area (Å²) in [6.45, 7) is 2.60. The number of allylic oxidation sites excluding steroid dienone is 1. The molecule has 0 N–H and O–H groups in total. The van der Waals surface area contributed by atoms with Crippen LogP contribution in [0.3, 0.4) is 0 Å². The molecule has 3 aliphatic heterocycles. The van der Waals surface area contributed by atoms with Crippen molar-refractivity contribution in [1.82, 2.24) is 14.9 Å². The van der Waals surface area contributed by atoms with Crippen LogP contribution in [0.5, 0.6) is 0 Å². The number of nitrogens with zero attached hydrogens (tertiary/aromatic N) is 4. The smallest absolute Gasteiger partial charge is 0.261 e. The number of aliphatic imine (C=N–C) groups is 1. The second-order valence-electron chi connectivity index (χ2n) is 9.07. The number of imide groups is 1. The highest BCUT2D eigenvalue weighted by Gasteiger charge is 2.44. The summed E-state index contributed by atoms with van der Waals surface area (Å²) in [5.41, 5.74) is 6.49. The highest BCUT2D eigenvalue weighted by Crippen LogP contribution is 2.56. The number of dihydropyridines is 1. The summed E-state index contributed by atoms with van der Waals surface area (Å²) in [4.78, 5) is 42.3. The minimum absolute atomic E-state index is 0.158. The number of rotatable bonds is 7. The zero-order valence-corrected chi connectivity index (χ0v) is 20.8. The van der Waals surface area contributed by atoms with Gasteiger partial charge in [0.2, 0.25) is 0 Å². The maximum atomic E-state index is 12.7. The Balaban J connectivity index is 1.20. The lowest BCUT2D eigenvalue weighted by molar-refractivity contribution is 0.0664. The predicted molar refractivity (Wildman–Crippen MR) is 135 cm³/mol. The van der Waals surface area contributed by atoms with Gasteiger partial charge < -0.3 is 0 Å². The van der Waals surface area contributed by atoms with Crippen LogP contribution in [-0.4, -0.2) is 50.1 Å². The largest absolute Gasteiger partial charge is 0.274 e. The van der Waals surface area contributed by atoms with Crippen LogP contribution >= 0.6 is 23.5 Å². The molecule has 1 aliphatic carbocycles. The number of fused-ring (bicyclic) bond motifs is 5. The lowest BCUT2D eigenvalue weighted by Gasteiger charge is -2.26. The highest BCUT2D eigenvalue weighted by molar-refractivity contribution is 8.02. The van der Waals surface area contributed by atoms with E-state index in [4.69, 9.17) is 9.98 Å². The second kappa shape index (κ2) is 8.96. The molecule has 1 aromatic heterocycles. The summed E-state index contributed by atoms with van der Waals surface area (Å²) in [6, 6.07) is 7.04. The van der Waals surface area contributed by atoms with E-state index in [1.807, 2.05) is 0 Å². The van der Waals surface area contributed by atoms with Gasteiger partial charge in [-0.2, -0.15) is 0 Å². The normalized spacial score (nSPS) is 22.6. The van der Waals surface area contributed by atoms with Gasteiger partial charge in [-0.05, 0) is 49.8 Å². The van der Waals surface area contributed by atoms with Gasteiger partial charge in [-0.1, -0.05) is 42.8 Å². The Morgan fingerprint density at radius 1 is 1.12 bits per heavy atom. The first-order valence-corrected chi connectivity index (χ1v) is 13.9. The monoisotopic (exact) mass is 490 g/mol. The summed E-state index contributed by atoms with van der Waals surface area (Å²) in [6.07, 6.45) is 8.61. The minimum atomic E-state index is -0.204. The fourth-order valence-corrected chi connectivity index (χ4v) is 7.92. The number of thioether (sulfide) groups is 2. The molecule has 6 nitrogen and oxygen atoms in total. The first-order valence-electron chi connectivity index (χ1n) is 12.1. The number of unbranched alkanes of at least 4 members (excludes halogenated alkanes) is 1. The standard InChI is InChI=1S/C26H26N4O2S2/c1-2-3-11-19-15-9-6-10-16(15)20-21-22(34-23(20)29-19)24(28-14-27-21)33-13-12-30-25(31)17-7-4-5-8-18(17)26(30)32/h4-5,7-8,14,20,23H,2-3,6,9-13H2,1H3/t20-,23+/m0/s1. The van der Waals surface area contributed by atoms with E-state index in [9.17, 15) is 9.59 Å². The van der Waals surface area contributed by atoms with E-state index in [0.29, 0.717) is 23.4 Å². The van der Waals surface area contributed by atoms with Crippen molar-refractivity contribution in [1.29, 1.82) is 0 Å². The fraction of sp³-hybridized carbons (Fsp3) is 0.423. The molecule has 0 saturated carbocycles. The summed E-state index contributed by atoms with van der Waals surface area (Å²) in [5.74, 6) is 0.457. The molecular weight excluding hydrogens is 464 g/mol. The molecule has 0 radical (unpaired) electrons. The van der Waals surface area contributed by atoms with Crippen LogP contribution in [0.4, 0.5) is 0 Å². The van der Waals surface area contributed by atoms with Crippen molar-refractivity contribution < 1.29 is 9.59 Å². The first kappa shape index (κ1) is 22.0. The lowest BCUT2D eigenvalue weighted by atomic mass is 9.87. The van der Waals surface area contributed by atoms with Crippen molar-refractivity contribution in [3.05, 3.63) is 58.6 Å². The number of hydrogen-bond acceptors (Lipinski definition) is 7. The van der Waals surface area contributed by atoms with Crippen molar-refractivity contribution in [2.24, 2.45) is 4.99 Å². The number of hydrogen-bond donors (Lipinski definition) is 0. The van der Waals surface area contributed by atoms with Gasteiger partial charge in [0.15, 0.2) is 0 Å². The molecule has 2 amide bonds. The topological polar surface area (TPSA) is 75.5 Å². The van der Waals surface area contributed by atoms with Crippen LogP contribution in [0.25, 0.3) is 0 Å². The molecule has 8 heteroatoms. The van der Waals surface area contributed by atoms with E-state index >= 15 is 0 Å². The van der Waals surface area contributed by atoms with Gasteiger partial charge in [0.05, 0.1) is 27.6 Å². The summed E-state index contributed by atoms with van der Waals surface area (Å²) < 4.78 is 0. The zero-order valence-electron chi connectivity index (χ0n) is 19.1. The molecule has 6 rings (SSSR count). The van der Waals surface area contributed by atoms with Crippen molar-refractivity contribution in [3.8, 4) is 0 Å². The Kier molecular flexibility index (Phi) is 5.81. The van der Waals surface area contributed by atoms with Crippen molar-refractivity contribution in [2.75, 3.05) is 12.3 Å². The van der Waals surface area contributed by atoms with Crippen LogP contribution in [-0.2, 0) is 0 Å². The van der Waals surface area contributed by atoms with Gasteiger partial charge >= 0.3 is 0 Å². The minimum Gasteiger partial charge on any atom is -0.274 e. The van der Waals surface area contributed by atoms with E-state index in [-0.39, 0.29) is 23.1 Å². The van der Waals surface area contributed by atoms with Crippen LogP contribution in [0.2, 0.25) is 0 Å². The van der Waals surface area contributed by atoms with E-state index in [1.165, 1.54) is 35.4 Å². The lowest BCUT2D eigenvalue weighted by Crippen LogP contribution is -2.31. The number of carbonyl (C=O) groups excluding carboxylic acids is 2. The van der Waals surface area contributed by atoms with Crippen molar-refractivity contribution >= 4 is 41.0 Å². The van der Waals surface area contributed by atoms with Crippen molar-refractivity contribution in [2.45, 2.75) is 66.7 Å². The van der Waals surface area contributed by atoms with Gasteiger partial charge in [-0.15, -0.1) is 11.8 Å². The maximum absolute atomic E-state index is 12.7. The molecule has 0 spiro atoms. The second-order valence-corrected chi connectivity index (χ2v) is 11.3. The third kappa shape index (κ3) is 3.53. The third-order valence-corrected chi connectivity index (χ3v) is 9.44. The van der Waals surface area contributed by atoms with Gasteiger partial charge in [-0.3, -0.25) is 19.5 Å². The molecule has 0 unspecified atom stereocenters. The van der Waals surface area contributed by atoms with Gasteiger partial charge in [0, 0.05) is 18.0 Å². The predicted octanol–water partition coefficient (Wildman–Crippen LogP) is 5.51. The summed E-state index contributed by atoms with van der Waals surface area (Å²) in [5, 5.41) is 1.09. The average Bonchev–Trinajstić information content (AvgIpc) is 3.54. The van der Waals surface area contributed by atoms with Crippen molar-refractivity contribution in [3.63, 3.8) is 0 Å². The zero-order chi connectivity index (χ0) is 23.2. The van der Waals surface area contributed by atoms with Gasteiger partial charge in [0.25, 0.3) is 11.8 Å². The van der Waals surface area contributed by atoms with Crippen LogP contribution in [0.15, 0.2) is 56.7 Å². The Morgan fingerprint density at radius 2 is 1.91 bits per heavy atom. The first-order chi connectivity index (χ1) is 16.7. The maximum Gasteiger partial charge on any atom is 0.261 e. The number of benzene rings is 1. The Morgan fingerprint density at radius 3 is 2.68 bits per heavy atom. The average molecular weight is 491 g/mol. The molecule has 4 aliphatic rings. The third-order valence-electron chi connectivity index (χ3n) is 7.08. The SMILES string of the molecule is CCCCC1=N[C@@H]2Sc3c(SCCN4C(=O)c5ccccc5C4=O)ncnc3[C@@H]2C2=C1CCC2. The van der Waals surface area contributed by atoms with Crippen LogP contribution in [0, 0.1) is 0 Å². The van der Waals surface area contributed by atoms with Crippen LogP contribution < -0.4 is 0 Å². The number of carbonyl (C=O) groups is 2. The van der Waals surface area contributed by atoms with Crippen LogP contribution in [0.1, 0.15) is 77.8 Å². The summed E-state index contributed by atoms with van der Waals surface area (Å²) in [7, 11) is 0. The van der Waals surface area contributed by atoms with E-state index in [2.05, 4.69) is 11.9 Å². The van der Waals surface area contributed by atoms with Gasteiger partial charge in [-0.25, -0.2) is 9.97 Å². The van der Waals surface area contributed by atoms with E-state index < -0.39 is 0 Å². The Hall–Kier alpha value is -2.45. The highest BCUT2D eigenvalue weighted by atomic mass is 32.2. The molecular formula is C26H26N4O2S2. The van der Waals surface area contributed by atoms with E-state index in [0.717, 1.165) is 34.9 Å². The molecule has 2 atom stereocenters. The van der Waals surface area contributed by atoms with Gasteiger partial charge in [0.1, 0.15) is 16.7 Å². The molecule has 34 heavy (non-hydrogen) atoms. The number of aromatic nitrogens is 2. The Labute approximate surface area is 207 Å². The summed E-state index contributed by atoms with van der Waals surface area (Å²) >= 11 is 3.39. The number of amides is 2. The van der Waals surface area contributed by atoms with E-state index in [1.54, 1.807) is 59.7 Å². The molecule has 0 bridgehead atoms. The Bertz CT molecular complexity index is 1220. The molecule has 0 saturated heterocycles. The fourth-order valence-electron chi connectivity index (χ4n) is 5.47. The molecule has 4 heterocycles. The molecule has 1 aromatic carbocycles. The quantitative estimate of drug-likeness (QED) is 0.290.